The molecular weight excluding hydrogens is 312 g/mol. The van der Waals surface area contributed by atoms with E-state index in [9.17, 15) is 4.79 Å². The number of aromatic nitrogens is 2. The molecule has 0 spiro atoms. The standard InChI is InChI=1S/C20H18N4O/c1-14-12-15-6-2-3-9-18(15)24(14)19(25)16-7-4-8-17(13-16)23-20-21-10-5-11-22-20/h2-11,13-14H,12H2,1H3,(H,21,22,23)/t14-/m1/s1. The van der Waals surface area contributed by atoms with E-state index in [0.717, 1.165) is 17.8 Å². The van der Waals surface area contributed by atoms with Crippen molar-refractivity contribution in [2.24, 2.45) is 0 Å². The third-order valence-electron chi connectivity index (χ3n) is 4.36. The number of fused-ring (bicyclic) bond motifs is 1. The second-order valence-electron chi connectivity index (χ2n) is 6.14. The smallest absolute Gasteiger partial charge is 0.258 e. The summed E-state index contributed by atoms with van der Waals surface area (Å²) in [6.45, 7) is 2.08. The highest BCUT2D eigenvalue weighted by Crippen LogP contribution is 2.33. The highest BCUT2D eigenvalue weighted by molar-refractivity contribution is 6.08. The quantitative estimate of drug-likeness (QED) is 0.793. The zero-order valence-electron chi connectivity index (χ0n) is 13.9. The molecule has 0 bridgehead atoms. The average Bonchev–Trinajstić information content (AvgIpc) is 2.98. The molecule has 0 saturated carbocycles. The Hall–Kier alpha value is -3.21. The first-order valence-electron chi connectivity index (χ1n) is 8.28. The number of amides is 1. The molecule has 0 saturated heterocycles. The summed E-state index contributed by atoms with van der Waals surface area (Å²) in [5, 5.41) is 3.13. The van der Waals surface area contributed by atoms with Gasteiger partial charge in [0.15, 0.2) is 0 Å². The van der Waals surface area contributed by atoms with Crippen LogP contribution in [0.4, 0.5) is 17.3 Å². The molecule has 1 aliphatic heterocycles. The van der Waals surface area contributed by atoms with Crippen molar-refractivity contribution in [1.29, 1.82) is 0 Å². The van der Waals surface area contributed by atoms with E-state index in [4.69, 9.17) is 0 Å². The Balaban J connectivity index is 1.62. The van der Waals surface area contributed by atoms with Gasteiger partial charge in [0, 0.05) is 35.4 Å². The van der Waals surface area contributed by atoms with Gasteiger partial charge in [-0.3, -0.25) is 4.79 Å². The first kappa shape index (κ1) is 15.3. The Bertz CT molecular complexity index is 910. The van der Waals surface area contributed by atoms with Crippen LogP contribution in [0, 0.1) is 0 Å². The maximum atomic E-state index is 13.1. The van der Waals surface area contributed by atoms with Gasteiger partial charge in [-0.05, 0) is 49.2 Å². The number of benzene rings is 2. The summed E-state index contributed by atoms with van der Waals surface area (Å²) < 4.78 is 0. The van der Waals surface area contributed by atoms with Crippen LogP contribution in [0.2, 0.25) is 0 Å². The molecule has 2 aromatic carbocycles. The molecule has 0 aliphatic carbocycles. The van der Waals surface area contributed by atoms with Gasteiger partial charge in [0.05, 0.1) is 0 Å². The number of hydrogen-bond donors (Lipinski definition) is 1. The lowest BCUT2D eigenvalue weighted by molar-refractivity contribution is 0.0981. The largest absolute Gasteiger partial charge is 0.324 e. The molecule has 1 amide bonds. The highest BCUT2D eigenvalue weighted by atomic mass is 16.2. The van der Waals surface area contributed by atoms with Gasteiger partial charge in [-0.15, -0.1) is 0 Å². The molecule has 1 aliphatic rings. The minimum absolute atomic E-state index is 0.00933. The molecule has 124 valence electrons. The number of carbonyl (C=O) groups is 1. The maximum Gasteiger partial charge on any atom is 0.258 e. The topological polar surface area (TPSA) is 58.1 Å². The molecule has 0 unspecified atom stereocenters. The van der Waals surface area contributed by atoms with Crippen LogP contribution in [0.25, 0.3) is 0 Å². The molecule has 1 N–H and O–H groups in total. The van der Waals surface area contributed by atoms with Gasteiger partial charge < -0.3 is 10.2 Å². The Labute approximate surface area is 146 Å². The van der Waals surface area contributed by atoms with Gasteiger partial charge in [0.25, 0.3) is 5.91 Å². The highest BCUT2D eigenvalue weighted by Gasteiger charge is 2.31. The molecule has 5 heteroatoms. The predicted molar refractivity (Wildman–Crippen MR) is 98.2 cm³/mol. The number of nitrogens with zero attached hydrogens (tertiary/aromatic N) is 3. The zero-order valence-corrected chi connectivity index (χ0v) is 13.9. The van der Waals surface area contributed by atoms with E-state index >= 15 is 0 Å². The summed E-state index contributed by atoms with van der Waals surface area (Å²) in [4.78, 5) is 23.3. The van der Waals surface area contributed by atoms with Crippen molar-refractivity contribution < 1.29 is 4.79 Å². The number of carbonyl (C=O) groups excluding carboxylic acids is 1. The van der Waals surface area contributed by atoms with Crippen molar-refractivity contribution in [3.8, 4) is 0 Å². The number of para-hydroxylation sites is 1. The molecule has 5 nitrogen and oxygen atoms in total. The second-order valence-corrected chi connectivity index (χ2v) is 6.14. The number of anilines is 3. The van der Waals surface area contributed by atoms with E-state index in [0.29, 0.717) is 11.5 Å². The lowest BCUT2D eigenvalue weighted by Crippen LogP contribution is -2.35. The van der Waals surface area contributed by atoms with Crippen LogP contribution in [0.3, 0.4) is 0 Å². The molecule has 0 radical (unpaired) electrons. The Morgan fingerprint density at radius 1 is 1.08 bits per heavy atom. The van der Waals surface area contributed by atoms with Crippen LogP contribution >= 0.6 is 0 Å². The lowest BCUT2D eigenvalue weighted by Gasteiger charge is -2.23. The minimum Gasteiger partial charge on any atom is -0.324 e. The summed E-state index contributed by atoms with van der Waals surface area (Å²) in [6.07, 6.45) is 4.23. The van der Waals surface area contributed by atoms with Crippen LogP contribution in [-0.2, 0) is 6.42 Å². The van der Waals surface area contributed by atoms with Crippen LogP contribution in [-0.4, -0.2) is 21.9 Å². The predicted octanol–water partition coefficient (Wildman–Crippen LogP) is 3.81. The molecule has 1 aromatic heterocycles. The third kappa shape index (κ3) is 2.96. The molecular formula is C20H18N4O. The third-order valence-corrected chi connectivity index (χ3v) is 4.36. The van der Waals surface area contributed by atoms with Crippen LogP contribution in [0.15, 0.2) is 67.0 Å². The molecule has 1 atom stereocenters. The summed E-state index contributed by atoms with van der Waals surface area (Å²) >= 11 is 0. The van der Waals surface area contributed by atoms with Gasteiger partial charge in [-0.25, -0.2) is 9.97 Å². The monoisotopic (exact) mass is 330 g/mol. The van der Waals surface area contributed by atoms with Gasteiger partial charge in [0.1, 0.15) is 0 Å². The van der Waals surface area contributed by atoms with Gasteiger partial charge in [0.2, 0.25) is 5.95 Å². The normalized spacial score (nSPS) is 15.7. The molecule has 25 heavy (non-hydrogen) atoms. The fourth-order valence-corrected chi connectivity index (χ4v) is 3.24. The van der Waals surface area contributed by atoms with Crippen molar-refractivity contribution in [2.75, 3.05) is 10.2 Å². The Kier molecular flexibility index (Phi) is 3.90. The molecule has 0 fully saturated rings. The van der Waals surface area contributed by atoms with E-state index < -0.39 is 0 Å². The van der Waals surface area contributed by atoms with E-state index in [2.05, 4.69) is 28.3 Å². The zero-order chi connectivity index (χ0) is 17.2. The Morgan fingerprint density at radius 3 is 2.72 bits per heavy atom. The first-order valence-corrected chi connectivity index (χ1v) is 8.28. The van der Waals surface area contributed by atoms with Gasteiger partial charge >= 0.3 is 0 Å². The van der Waals surface area contributed by atoms with Crippen LogP contribution < -0.4 is 10.2 Å². The maximum absolute atomic E-state index is 13.1. The summed E-state index contributed by atoms with van der Waals surface area (Å²) in [6, 6.07) is 17.4. The van der Waals surface area contributed by atoms with Crippen LogP contribution in [0.5, 0.6) is 0 Å². The summed E-state index contributed by atoms with van der Waals surface area (Å²) in [7, 11) is 0. The van der Waals surface area contributed by atoms with Crippen molar-refractivity contribution in [3.63, 3.8) is 0 Å². The fourth-order valence-electron chi connectivity index (χ4n) is 3.24. The number of hydrogen-bond acceptors (Lipinski definition) is 4. The van der Waals surface area contributed by atoms with Crippen molar-refractivity contribution in [2.45, 2.75) is 19.4 Å². The molecule has 2 heterocycles. The van der Waals surface area contributed by atoms with Crippen LogP contribution in [0.1, 0.15) is 22.8 Å². The number of rotatable bonds is 3. The lowest BCUT2D eigenvalue weighted by atomic mass is 10.1. The summed E-state index contributed by atoms with van der Waals surface area (Å²) in [5.74, 6) is 0.516. The second kappa shape index (κ2) is 6.36. The average molecular weight is 330 g/mol. The molecule has 4 rings (SSSR count). The van der Waals surface area contributed by atoms with Crippen molar-refractivity contribution >= 4 is 23.2 Å². The number of nitrogens with one attached hydrogen (secondary N) is 1. The van der Waals surface area contributed by atoms with Gasteiger partial charge in [-0.2, -0.15) is 0 Å². The first-order chi connectivity index (χ1) is 12.2. The van der Waals surface area contributed by atoms with Crippen molar-refractivity contribution in [3.05, 3.63) is 78.1 Å². The van der Waals surface area contributed by atoms with E-state index in [1.807, 2.05) is 47.4 Å². The fraction of sp³-hybridized carbons (Fsp3) is 0.150. The summed E-state index contributed by atoms with van der Waals surface area (Å²) in [5.41, 5.74) is 3.65. The van der Waals surface area contributed by atoms with E-state index in [1.54, 1.807) is 18.5 Å². The minimum atomic E-state index is 0.00933. The SMILES string of the molecule is C[C@@H]1Cc2ccccc2N1C(=O)c1cccc(Nc2ncccn2)c1. The van der Waals surface area contributed by atoms with E-state index in [-0.39, 0.29) is 11.9 Å². The van der Waals surface area contributed by atoms with E-state index in [1.165, 1.54) is 5.56 Å². The van der Waals surface area contributed by atoms with Gasteiger partial charge in [-0.1, -0.05) is 24.3 Å². The molecule has 3 aromatic rings. The Morgan fingerprint density at radius 2 is 1.88 bits per heavy atom. The van der Waals surface area contributed by atoms with Crippen molar-refractivity contribution in [1.82, 2.24) is 9.97 Å².